The summed E-state index contributed by atoms with van der Waals surface area (Å²) >= 11 is 0. The van der Waals surface area contributed by atoms with Gasteiger partial charge >= 0.3 is 0 Å². The molecule has 1 amide bonds. The summed E-state index contributed by atoms with van der Waals surface area (Å²) in [5.41, 5.74) is 6.61. The average molecular weight is 456 g/mol. The fourth-order valence-corrected chi connectivity index (χ4v) is 4.61. The molecular formula is C27H29N5O2. The number of amides is 1. The Hall–Kier alpha value is -3.87. The maximum Gasteiger partial charge on any atom is 0.293 e. The minimum absolute atomic E-state index is 0.0426. The number of carbonyl (C=O) groups is 1. The van der Waals surface area contributed by atoms with Crippen molar-refractivity contribution >= 4 is 22.6 Å². The zero-order valence-electron chi connectivity index (χ0n) is 19.4. The van der Waals surface area contributed by atoms with E-state index in [-0.39, 0.29) is 23.8 Å². The van der Waals surface area contributed by atoms with Crippen molar-refractivity contribution in [2.75, 3.05) is 11.9 Å². The van der Waals surface area contributed by atoms with E-state index < -0.39 is 0 Å². The van der Waals surface area contributed by atoms with Crippen LogP contribution in [0.15, 0.2) is 59.7 Å². The van der Waals surface area contributed by atoms with Gasteiger partial charge in [0.05, 0.1) is 0 Å². The van der Waals surface area contributed by atoms with Gasteiger partial charge in [0.2, 0.25) is 5.91 Å². The normalized spacial score (nSPS) is 12.6. The van der Waals surface area contributed by atoms with E-state index in [1.54, 1.807) is 13.1 Å². The molecule has 4 aromatic rings. The number of benzene rings is 2. The van der Waals surface area contributed by atoms with E-state index in [2.05, 4.69) is 38.8 Å². The molecule has 0 atom stereocenters. The highest BCUT2D eigenvalue weighted by Gasteiger charge is 2.13. The number of aryl methyl sites for hydroxylation is 3. The number of carbonyl (C=O) groups excluding carboxylic acids is 1. The molecule has 0 bridgehead atoms. The summed E-state index contributed by atoms with van der Waals surface area (Å²) in [6, 6.07) is 14.7. The van der Waals surface area contributed by atoms with Gasteiger partial charge in [-0.05, 0) is 78.4 Å². The number of hydrogen-bond donors (Lipinski definition) is 3. The summed E-state index contributed by atoms with van der Waals surface area (Å²) in [6.45, 7) is 2.76. The summed E-state index contributed by atoms with van der Waals surface area (Å²) in [7, 11) is 0. The van der Waals surface area contributed by atoms with Crippen LogP contribution in [-0.2, 0) is 37.1 Å². The smallest absolute Gasteiger partial charge is 0.293 e. The molecule has 0 aliphatic heterocycles. The molecule has 1 aliphatic rings. The molecule has 3 N–H and O–H groups in total. The van der Waals surface area contributed by atoms with Gasteiger partial charge in [0.25, 0.3) is 5.56 Å². The molecule has 7 heteroatoms. The van der Waals surface area contributed by atoms with Crippen LogP contribution in [0.5, 0.6) is 0 Å². The monoisotopic (exact) mass is 455 g/mol. The van der Waals surface area contributed by atoms with E-state index in [9.17, 15) is 9.59 Å². The van der Waals surface area contributed by atoms with Gasteiger partial charge in [0, 0.05) is 36.7 Å². The standard InChI is InChI=1S/C27H29N5O2/c1-18-15-31-26(29-11-9-19-5-7-21-3-2-4-22(21)13-19)27(34)32(18)17-25(33)30-16-20-6-8-24-23(14-20)10-12-28-24/h5-8,10,12-15,28H,2-4,9,11,16-17H2,1H3,(H,29,31)(H,30,33). The number of anilines is 1. The lowest BCUT2D eigenvalue weighted by Gasteiger charge is -2.13. The first-order valence-corrected chi connectivity index (χ1v) is 11.8. The number of rotatable bonds is 8. The van der Waals surface area contributed by atoms with Gasteiger partial charge in [-0.2, -0.15) is 0 Å². The van der Waals surface area contributed by atoms with Gasteiger partial charge in [-0.1, -0.05) is 24.3 Å². The number of nitrogens with one attached hydrogen (secondary N) is 3. The second-order valence-corrected chi connectivity index (χ2v) is 8.95. The van der Waals surface area contributed by atoms with Crippen LogP contribution in [-0.4, -0.2) is 27.0 Å². The second-order valence-electron chi connectivity index (χ2n) is 8.95. The fourth-order valence-electron chi connectivity index (χ4n) is 4.61. The van der Waals surface area contributed by atoms with Gasteiger partial charge in [0.15, 0.2) is 5.82 Å². The molecule has 2 aromatic carbocycles. The van der Waals surface area contributed by atoms with Crippen molar-refractivity contribution in [3.63, 3.8) is 0 Å². The highest BCUT2D eigenvalue weighted by molar-refractivity contribution is 5.80. The Morgan fingerprint density at radius 1 is 1.09 bits per heavy atom. The first-order chi connectivity index (χ1) is 16.6. The van der Waals surface area contributed by atoms with Gasteiger partial charge in [0.1, 0.15) is 6.54 Å². The Labute approximate surface area is 198 Å². The maximum absolute atomic E-state index is 13.0. The van der Waals surface area contributed by atoms with Crippen LogP contribution in [0.1, 0.15) is 34.4 Å². The third-order valence-corrected chi connectivity index (χ3v) is 6.53. The fraction of sp³-hybridized carbons (Fsp3) is 0.296. The number of hydrogen-bond acceptors (Lipinski definition) is 4. The van der Waals surface area contributed by atoms with E-state index in [1.165, 1.54) is 34.1 Å². The zero-order valence-corrected chi connectivity index (χ0v) is 19.4. The lowest BCUT2D eigenvalue weighted by Crippen LogP contribution is -2.34. The Morgan fingerprint density at radius 2 is 1.94 bits per heavy atom. The highest BCUT2D eigenvalue weighted by Crippen LogP contribution is 2.23. The molecule has 5 rings (SSSR count). The largest absolute Gasteiger partial charge is 0.365 e. The topological polar surface area (TPSA) is 91.8 Å². The lowest BCUT2D eigenvalue weighted by atomic mass is 10.0. The molecule has 174 valence electrons. The Bertz CT molecular complexity index is 1400. The molecule has 0 saturated heterocycles. The van der Waals surface area contributed by atoms with Crippen LogP contribution in [0.2, 0.25) is 0 Å². The Kier molecular flexibility index (Phi) is 6.16. The molecule has 2 aromatic heterocycles. The van der Waals surface area contributed by atoms with Crippen molar-refractivity contribution in [3.05, 3.63) is 93.2 Å². The minimum atomic E-state index is -0.280. The number of aromatic amines is 1. The first kappa shape index (κ1) is 21.9. The van der Waals surface area contributed by atoms with E-state index in [0.29, 0.717) is 18.8 Å². The van der Waals surface area contributed by atoms with Crippen molar-refractivity contribution in [2.24, 2.45) is 0 Å². The zero-order chi connectivity index (χ0) is 23.5. The number of aromatic nitrogens is 3. The van der Waals surface area contributed by atoms with Crippen molar-refractivity contribution in [1.82, 2.24) is 19.9 Å². The van der Waals surface area contributed by atoms with Crippen LogP contribution in [0, 0.1) is 6.92 Å². The van der Waals surface area contributed by atoms with Crippen molar-refractivity contribution < 1.29 is 4.79 Å². The summed E-state index contributed by atoms with van der Waals surface area (Å²) < 4.78 is 1.47. The Balaban J connectivity index is 1.19. The van der Waals surface area contributed by atoms with E-state index in [1.807, 2.05) is 30.5 Å². The van der Waals surface area contributed by atoms with Crippen LogP contribution in [0.4, 0.5) is 5.82 Å². The molecule has 0 spiro atoms. The molecule has 34 heavy (non-hydrogen) atoms. The maximum atomic E-state index is 13.0. The van der Waals surface area contributed by atoms with Crippen molar-refractivity contribution in [3.8, 4) is 0 Å². The molecule has 0 radical (unpaired) electrons. The molecule has 1 aliphatic carbocycles. The van der Waals surface area contributed by atoms with Gasteiger partial charge in [-0.3, -0.25) is 14.2 Å². The van der Waals surface area contributed by atoms with E-state index in [0.717, 1.165) is 29.3 Å². The average Bonchev–Trinajstić information content (AvgIpc) is 3.50. The van der Waals surface area contributed by atoms with Crippen molar-refractivity contribution in [2.45, 2.75) is 45.7 Å². The molecule has 0 fully saturated rings. The van der Waals surface area contributed by atoms with Crippen LogP contribution in [0.25, 0.3) is 10.9 Å². The molecule has 7 nitrogen and oxygen atoms in total. The number of H-pyrrole nitrogens is 1. The van der Waals surface area contributed by atoms with Crippen molar-refractivity contribution in [1.29, 1.82) is 0 Å². The van der Waals surface area contributed by atoms with E-state index >= 15 is 0 Å². The summed E-state index contributed by atoms with van der Waals surface area (Å²) in [5, 5.41) is 7.18. The van der Waals surface area contributed by atoms with Gasteiger partial charge < -0.3 is 15.6 Å². The summed E-state index contributed by atoms with van der Waals surface area (Å²) in [5.74, 6) is 0.0622. The second kappa shape index (κ2) is 9.55. The molecule has 0 saturated carbocycles. The third kappa shape index (κ3) is 4.73. The molecule has 0 unspecified atom stereocenters. The van der Waals surface area contributed by atoms with Gasteiger partial charge in [-0.25, -0.2) is 4.98 Å². The molecule has 2 heterocycles. The number of fused-ring (bicyclic) bond motifs is 2. The first-order valence-electron chi connectivity index (χ1n) is 11.8. The quantitative estimate of drug-likeness (QED) is 0.379. The third-order valence-electron chi connectivity index (χ3n) is 6.53. The number of nitrogens with zero attached hydrogens (tertiary/aromatic N) is 2. The SMILES string of the molecule is Cc1cnc(NCCc2ccc3c(c2)CCC3)c(=O)n1CC(=O)NCc1ccc2[nH]ccc2c1. The lowest BCUT2D eigenvalue weighted by molar-refractivity contribution is -0.121. The minimum Gasteiger partial charge on any atom is -0.365 e. The van der Waals surface area contributed by atoms with Crippen LogP contribution in [0.3, 0.4) is 0 Å². The van der Waals surface area contributed by atoms with Crippen LogP contribution < -0.4 is 16.2 Å². The highest BCUT2D eigenvalue weighted by atomic mass is 16.2. The summed E-state index contributed by atoms with van der Waals surface area (Å²) in [4.78, 5) is 33.0. The molecular weight excluding hydrogens is 426 g/mol. The van der Waals surface area contributed by atoms with Gasteiger partial charge in [-0.15, -0.1) is 0 Å². The predicted octanol–water partition coefficient (Wildman–Crippen LogP) is 3.49. The predicted molar refractivity (Wildman–Crippen MR) is 134 cm³/mol. The summed E-state index contributed by atoms with van der Waals surface area (Å²) in [6.07, 6.45) is 7.91. The van der Waals surface area contributed by atoms with E-state index in [4.69, 9.17) is 0 Å². The van der Waals surface area contributed by atoms with Crippen LogP contribution >= 0.6 is 0 Å². The Morgan fingerprint density at radius 3 is 2.85 bits per heavy atom.